The molecule has 8 heteroatoms. The molecular weight excluding hydrogens is 213 g/mol. The molecule has 0 saturated carbocycles. The van der Waals surface area contributed by atoms with Crippen LogP contribution in [0.2, 0.25) is 0 Å². The predicted molar refractivity (Wildman–Crippen MR) is 28.6 cm³/mol. The molecule has 0 aromatic rings. The zero-order valence-corrected chi connectivity index (χ0v) is 4.55. The summed E-state index contributed by atoms with van der Waals surface area (Å²) in [5, 5.41) is 0. The van der Waals surface area contributed by atoms with E-state index in [9.17, 15) is 0 Å². The average Bonchev–Trinajstić information content (AvgIpc) is 0.722. The molecule has 4 nitrogen and oxygen atoms in total. The summed E-state index contributed by atoms with van der Waals surface area (Å²) in [6.07, 6.45) is 0. The molecule has 0 unspecified atom stereocenters. The van der Waals surface area contributed by atoms with E-state index in [2.05, 4.69) is 0 Å². The van der Waals surface area contributed by atoms with Crippen molar-refractivity contribution in [2.24, 2.45) is 0 Å². The molecule has 0 rings (SSSR count). The molecule has 0 aromatic heterocycles. The molecule has 44 valence electrons. The number of hydrogen-bond acceptors (Lipinski definition) is 1. The van der Waals surface area contributed by atoms with E-state index in [1.807, 2.05) is 0 Å². The Hall–Kier alpha value is 3.27. The van der Waals surface area contributed by atoms with Gasteiger partial charge in [-0.15, -0.1) is 0 Å². The van der Waals surface area contributed by atoms with E-state index in [1.54, 1.807) is 0 Å². The first kappa shape index (κ1) is 22.5. The summed E-state index contributed by atoms with van der Waals surface area (Å²) in [4.78, 5) is 21.6. The molecule has 8 heavy (non-hydrogen) atoms. The monoisotopic (exact) mass is 218 g/mol. The third-order valence-corrected chi connectivity index (χ3v) is 0. The van der Waals surface area contributed by atoms with Crippen molar-refractivity contribution >= 4 is 88.8 Å². The maximum absolute atomic E-state index is 8.88. The van der Waals surface area contributed by atoms with Crippen LogP contribution in [0.3, 0.4) is 0 Å². The van der Waals surface area contributed by atoms with Gasteiger partial charge in [0.1, 0.15) is 0 Å². The van der Waals surface area contributed by atoms with Crippen molar-refractivity contribution in [2.75, 3.05) is 0 Å². The van der Waals surface area contributed by atoms with E-state index in [4.69, 9.17) is 19.2 Å². The van der Waals surface area contributed by atoms with Crippen molar-refractivity contribution in [1.29, 1.82) is 0 Å². The Morgan fingerprint density at radius 3 is 1.12 bits per heavy atom. The molecule has 0 radical (unpaired) electrons. The summed E-state index contributed by atoms with van der Waals surface area (Å²) < 4.78 is 8.88. The van der Waals surface area contributed by atoms with Gasteiger partial charge in [0.15, 0.2) is 0 Å². The van der Waals surface area contributed by atoms with Gasteiger partial charge in [0.05, 0.1) is 0 Å². The standard InChI is InChI=1S/Fe.K.Na.H3O4P.2H/c;;;1-5(2,3)4;;/h;;;(H3,1,2,3,4);;. The fourth-order valence-electron chi connectivity index (χ4n) is 0. The van der Waals surface area contributed by atoms with Gasteiger partial charge in [-0.1, -0.05) is 0 Å². The van der Waals surface area contributed by atoms with Gasteiger partial charge in [0.2, 0.25) is 0 Å². The summed E-state index contributed by atoms with van der Waals surface area (Å²) in [6.45, 7) is 0. The first-order chi connectivity index (χ1) is 2.00. The van der Waals surface area contributed by atoms with Gasteiger partial charge in [0.25, 0.3) is 0 Å². The van der Waals surface area contributed by atoms with Crippen LogP contribution >= 0.6 is 7.82 Å². The molecule has 0 aliphatic rings. The van der Waals surface area contributed by atoms with Crippen LogP contribution in [-0.4, -0.2) is 95.6 Å². The Labute approximate surface area is 122 Å². The Morgan fingerprint density at radius 1 is 1.12 bits per heavy atom. The first-order valence-electron chi connectivity index (χ1n) is 0.783. The fraction of sp³-hybridized carbons (Fsp3) is 0. The van der Waals surface area contributed by atoms with Crippen LogP contribution in [0, 0.1) is 0 Å². The summed E-state index contributed by atoms with van der Waals surface area (Å²) in [5.74, 6) is 0. The molecule has 0 fully saturated rings. The third-order valence-electron chi connectivity index (χ3n) is 0. The van der Waals surface area contributed by atoms with E-state index < -0.39 is 7.82 Å². The van der Waals surface area contributed by atoms with Crippen LogP contribution in [0.5, 0.6) is 0 Å². The maximum atomic E-state index is 8.88. The SMILES string of the molecule is O=P(O)(O)O.[Fe].[KH].[NaH]. The molecule has 0 spiro atoms. The van der Waals surface area contributed by atoms with Crippen LogP contribution in [0.25, 0.3) is 0 Å². The minimum atomic E-state index is -4.64. The van der Waals surface area contributed by atoms with Crippen LogP contribution in [0.15, 0.2) is 0 Å². The van der Waals surface area contributed by atoms with Crippen LogP contribution < -0.4 is 0 Å². The van der Waals surface area contributed by atoms with Crippen molar-refractivity contribution < 1.29 is 36.3 Å². The van der Waals surface area contributed by atoms with Gasteiger partial charge in [-0.2, -0.15) is 0 Å². The summed E-state index contributed by atoms with van der Waals surface area (Å²) in [7, 11) is -4.64. The first-order valence-corrected chi connectivity index (χ1v) is 2.35. The molecule has 0 aliphatic heterocycles. The number of phosphoric acid groups is 1. The Morgan fingerprint density at radius 2 is 1.12 bits per heavy atom. The van der Waals surface area contributed by atoms with Crippen LogP contribution in [-0.2, 0) is 21.6 Å². The van der Waals surface area contributed by atoms with Gasteiger partial charge in [-0.3, -0.25) is 0 Å². The second kappa shape index (κ2) is 10.3. The molecule has 0 atom stereocenters. The van der Waals surface area contributed by atoms with E-state index in [0.29, 0.717) is 0 Å². The topological polar surface area (TPSA) is 77.8 Å². The zero-order chi connectivity index (χ0) is 4.50. The molecule has 0 aromatic carbocycles. The Bertz CT molecular complexity index is 62.2. The predicted octanol–water partition coefficient (Wildman–Crippen LogP) is -2.23. The second-order valence-electron chi connectivity index (χ2n) is 0.513. The van der Waals surface area contributed by atoms with Gasteiger partial charge in [-0.25, -0.2) is 4.57 Å². The zero-order valence-electron chi connectivity index (χ0n) is 2.55. The van der Waals surface area contributed by atoms with Crippen molar-refractivity contribution in [1.82, 2.24) is 0 Å². The third kappa shape index (κ3) is 59.4. The fourth-order valence-corrected chi connectivity index (χ4v) is 0. The van der Waals surface area contributed by atoms with E-state index in [-0.39, 0.29) is 98.0 Å². The average molecular weight is 218 g/mol. The van der Waals surface area contributed by atoms with Crippen LogP contribution in [0.1, 0.15) is 0 Å². The van der Waals surface area contributed by atoms with Crippen molar-refractivity contribution in [3.05, 3.63) is 0 Å². The number of rotatable bonds is 0. The van der Waals surface area contributed by atoms with Crippen molar-refractivity contribution in [3.8, 4) is 0 Å². The quantitative estimate of drug-likeness (QED) is 0.317. The molecule has 3 N–H and O–H groups in total. The summed E-state index contributed by atoms with van der Waals surface area (Å²) in [5.41, 5.74) is 0. The Kier molecular flexibility index (Phi) is 28.9. The minimum absolute atomic E-state index is 0. The second-order valence-corrected chi connectivity index (χ2v) is 1.54. The van der Waals surface area contributed by atoms with Gasteiger partial charge in [0, 0.05) is 17.1 Å². The number of hydrogen-bond donors (Lipinski definition) is 3. The molecule has 0 aliphatic carbocycles. The van der Waals surface area contributed by atoms with E-state index in [0.717, 1.165) is 0 Å². The Balaban J connectivity index is -0.0000000267. The van der Waals surface area contributed by atoms with E-state index >= 15 is 0 Å². The summed E-state index contributed by atoms with van der Waals surface area (Å²) >= 11 is 0. The molecule has 0 saturated heterocycles. The summed E-state index contributed by atoms with van der Waals surface area (Å²) in [6, 6.07) is 0. The van der Waals surface area contributed by atoms with Crippen molar-refractivity contribution in [2.45, 2.75) is 0 Å². The molecule has 0 heterocycles. The van der Waals surface area contributed by atoms with Gasteiger partial charge >= 0.3 is 88.8 Å². The van der Waals surface area contributed by atoms with E-state index in [1.165, 1.54) is 0 Å². The van der Waals surface area contributed by atoms with Crippen molar-refractivity contribution in [3.63, 3.8) is 0 Å². The molecular formula is H5FeKNaO4P. The van der Waals surface area contributed by atoms with Gasteiger partial charge < -0.3 is 14.7 Å². The van der Waals surface area contributed by atoms with Gasteiger partial charge in [-0.05, 0) is 0 Å². The van der Waals surface area contributed by atoms with Crippen LogP contribution in [0.4, 0.5) is 0 Å². The molecule has 0 amide bonds. The molecule has 0 bridgehead atoms. The normalized spacial score (nSPS) is 7.38.